The van der Waals surface area contributed by atoms with Crippen LogP contribution in [0, 0.1) is 0 Å². The van der Waals surface area contributed by atoms with E-state index in [4.69, 9.17) is 19.4 Å². The second-order valence-electron chi connectivity index (χ2n) is 5.78. The van der Waals surface area contributed by atoms with E-state index < -0.39 is 18.1 Å². The van der Waals surface area contributed by atoms with Crippen molar-refractivity contribution >= 4 is 11.9 Å². The first kappa shape index (κ1) is 22.3. The maximum absolute atomic E-state index is 11.9. The Hall–Kier alpha value is -3.00. The molecule has 1 fully saturated rings. The van der Waals surface area contributed by atoms with Gasteiger partial charge in [0.15, 0.2) is 5.82 Å². The first-order chi connectivity index (χ1) is 13.7. The van der Waals surface area contributed by atoms with Gasteiger partial charge in [-0.05, 0) is 6.92 Å². The maximum atomic E-state index is 11.9. The lowest BCUT2D eigenvalue weighted by atomic mass is 10.0. The molecule has 3 heterocycles. The number of esters is 1. The number of carboxylic acid groups (broad SMARTS) is 1. The van der Waals surface area contributed by atoms with Crippen LogP contribution in [0.15, 0.2) is 12.4 Å². The van der Waals surface area contributed by atoms with E-state index in [0.29, 0.717) is 18.0 Å². The molecule has 3 N–H and O–H groups in total. The molecule has 0 unspecified atom stereocenters. The number of halogens is 3. The number of H-pyrrole nitrogens is 1. The van der Waals surface area contributed by atoms with Gasteiger partial charge < -0.3 is 19.9 Å². The third-order valence-corrected chi connectivity index (χ3v) is 3.94. The Morgan fingerprint density at radius 1 is 1.38 bits per heavy atom. The number of aromatic nitrogens is 5. The van der Waals surface area contributed by atoms with E-state index in [0.717, 1.165) is 18.8 Å². The van der Waals surface area contributed by atoms with Crippen LogP contribution >= 0.6 is 0 Å². The molecule has 0 aliphatic carbocycles. The van der Waals surface area contributed by atoms with Crippen molar-refractivity contribution in [3.8, 4) is 5.82 Å². The van der Waals surface area contributed by atoms with E-state index in [1.165, 1.54) is 10.9 Å². The normalized spacial score (nSPS) is 18.8. The van der Waals surface area contributed by atoms with Gasteiger partial charge in [-0.2, -0.15) is 18.3 Å². The van der Waals surface area contributed by atoms with Crippen LogP contribution < -0.4 is 5.32 Å². The third-order valence-electron chi connectivity index (χ3n) is 3.94. The number of carbonyl (C=O) groups is 2. The van der Waals surface area contributed by atoms with Crippen LogP contribution in [0.4, 0.5) is 13.2 Å². The van der Waals surface area contributed by atoms with Gasteiger partial charge in [-0.15, -0.1) is 5.10 Å². The van der Waals surface area contributed by atoms with Gasteiger partial charge in [0.05, 0.1) is 30.8 Å². The maximum Gasteiger partial charge on any atom is 0.490 e. The number of aliphatic carboxylic acids is 1. The monoisotopic (exact) mass is 420 g/mol. The number of nitrogens with zero attached hydrogens (tertiary/aromatic N) is 4. The highest BCUT2D eigenvalue weighted by Crippen LogP contribution is 2.23. The molecule has 2 aromatic rings. The lowest BCUT2D eigenvalue weighted by Crippen LogP contribution is -2.21. The van der Waals surface area contributed by atoms with Gasteiger partial charge in [0.25, 0.3) is 0 Å². The highest BCUT2D eigenvalue weighted by molar-refractivity contribution is 5.92. The Morgan fingerprint density at radius 3 is 2.66 bits per heavy atom. The van der Waals surface area contributed by atoms with E-state index in [1.807, 2.05) is 0 Å². The van der Waals surface area contributed by atoms with Gasteiger partial charge in [0, 0.05) is 26.1 Å². The average Bonchev–Trinajstić information content (AvgIpc) is 3.39. The van der Waals surface area contributed by atoms with Gasteiger partial charge in [-0.25, -0.2) is 14.3 Å². The summed E-state index contributed by atoms with van der Waals surface area (Å²) >= 11 is 0. The second kappa shape index (κ2) is 9.47. The Balaban J connectivity index is 0.000000370. The smallest absolute Gasteiger partial charge is 0.475 e. The fourth-order valence-corrected chi connectivity index (χ4v) is 2.57. The van der Waals surface area contributed by atoms with Crippen LogP contribution in [-0.2, 0) is 14.3 Å². The quantitative estimate of drug-likeness (QED) is 0.589. The molecule has 0 spiro atoms. The zero-order valence-electron chi connectivity index (χ0n) is 15.4. The minimum absolute atomic E-state index is 0.0662. The Morgan fingerprint density at radius 2 is 2.07 bits per heavy atom. The van der Waals surface area contributed by atoms with Crippen LogP contribution in [0.25, 0.3) is 5.82 Å². The molecular formula is C15H19F3N6O5. The molecule has 1 aliphatic rings. The van der Waals surface area contributed by atoms with Crippen LogP contribution in [0.5, 0.6) is 0 Å². The molecule has 2 atom stereocenters. The van der Waals surface area contributed by atoms with Crippen LogP contribution in [0.1, 0.15) is 28.9 Å². The molecule has 29 heavy (non-hydrogen) atoms. The number of hydrogen-bond acceptors (Lipinski definition) is 8. The molecule has 1 aliphatic heterocycles. The minimum Gasteiger partial charge on any atom is -0.475 e. The molecule has 11 nitrogen and oxygen atoms in total. The number of nitrogens with one attached hydrogen (secondary N) is 2. The van der Waals surface area contributed by atoms with Crippen molar-refractivity contribution in [2.75, 3.05) is 26.8 Å². The van der Waals surface area contributed by atoms with E-state index in [2.05, 4.69) is 25.8 Å². The van der Waals surface area contributed by atoms with E-state index in [1.54, 1.807) is 20.2 Å². The first-order valence-electron chi connectivity index (χ1n) is 8.35. The summed E-state index contributed by atoms with van der Waals surface area (Å²) in [5.41, 5.74) is 1.13. The van der Waals surface area contributed by atoms with Crippen LogP contribution in [0.3, 0.4) is 0 Å². The number of hydrogen-bond donors (Lipinski definition) is 3. The minimum atomic E-state index is -5.08. The molecule has 14 heteroatoms. The SMILES string of the molecule is CCOC(=O)c1cn[nH]c1-n1cc([C@@H]2CNC[C@H]2OC)nn1.O=C(O)C(F)(F)F. The van der Waals surface area contributed by atoms with E-state index >= 15 is 0 Å². The fourth-order valence-electron chi connectivity index (χ4n) is 2.57. The summed E-state index contributed by atoms with van der Waals surface area (Å²) in [6.45, 7) is 3.62. The van der Waals surface area contributed by atoms with Gasteiger partial charge in [0.2, 0.25) is 0 Å². The van der Waals surface area contributed by atoms with Crippen LogP contribution in [0.2, 0.25) is 0 Å². The van der Waals surface area contributed by atoms with Crippen molar-refractivity contribution < 1.29 is 37.3 Å². The zero-order chi connectivity index (χ0) is 21.6. The van der Waals surface area contributed by atoms with Crippen molar-refractivity contribution in [2.45, 2.75) is 25.1 Å². The number of aromatic amines is 1. The predicted octanol–water partition coefficient (Wildman–Crippen LogP) is 0.502. The molecule has 2 aromatic heterocycles. The van der Waals surface area contributed by atoms with E-state index in [-0.39, 0.29) is 12.0 Å². The van der Waals surface area contributed by atoms with Crippen molar-refractivity contribution in [2.24, 2.45) is 0 Å². The van der Waals surface area contributed by atoms with E-state index in [9.17, 15) is 18.0 Å². The number of carbonyl (C=O) groups excluding carboxylic acids is 1. The summed E-state index contributed by atoms with van der Waals surface area (Å²) in [5.74, 6) is -2.63. The molecule has 0 radical (unpaired) electrons. The van der Waals surface area contributed by atoms with Gasteiger partial charge in [0.1, 0.15) is 5.56 Å². The van der Waals surface area contributed by atoms with Crippen molar-refractivity contribution in [1.82, 2.24) is 30.5 Å². The summed E-state index contributed by atoms with van der Waals surface area (Å²) in [5, 5.41) is 25.3. The number of ether oxygens (including phenoxy) is 2. The second-order valence-corrected chi connectivity index (χ2v) is 5.78. The van der Waals surface area contributed by atoms with Gasteiger partial charge in [-0.3, -0.25) is 5.10 Å². The number of methoxy groups -OCH3 is 1. The summed E-state index contributed by atoms with van der Waals surface area (Å²) in [6.07, 6.45) is -1.82. The molecule has 0 saturated carbocycles. The standard InChI is InChI=1S/C13H18N6O3.C2HF3O2/c1-3-22-13(20)9-5-15-17-12(9)19-7-10(16-18-19)8-4-14-6-11(8)21-2;3-2(4,5)1(6)7/h5,7-8,11,14H,3-4,6H2,1-2H3,(H,15,17);(H,6,7)/t8-,11+;/m0./s1. The molecule has 0 amide bonds. The summed E-state index contributed by atoms with van der Waals surface area (Å²) in [6, 6.07) is 0. The number of alkyl halides is 3. The Kier molecular flexibility index (Phi) is 7.28. The van der Waals surface area contributed by atoms with Gasteiger partial charge in [-0.1, -0.05) is 5.21 Å². The molecule has 0 bridgehead atoms. The highest BCUT2D eigenvalue weighted by Gasteiger charge is 2.38. The largest absolute Gasteiger partial charge is 0.490 e. The van der Waals surface area contributed by atoms with Crippen molar-refractivity contribution in [3.05, 3.63) is 23.7 Å². The van der Waals surface area contributed by atoms with Crippen molar-refractivity contribution in [1.29, 1.82) is 0 Å². The molecule has 160 valence electrons. The average molecular weight is 420 g/mol. The molecule has 0 aromatic carbocycles. The third kappa shape index (κ3) is 5.51. The highest BCUT2D eigenvalue weighted by atomic mass is 19.4. The zero-order valence-corrected chi connectivity index (χ0v) is 15.4. The summed E-state index contributed by atoms with van der Waals surface area (Å²) in [7, 11) is 1.68. The van der Waals surface area contributed by atoms with Crippen molar-refractivity contribution in [3.63, 3.8) is 0 Å². The predicted molar refractivity (Wildman–Crippen MR) is 89.6 cm³/mol. The molecule has 3 rings (SSSR count). The summed E-state index contributed by atoms with van der Waals surface area (Å²) < 4.78 is 43.7. The Bertz CT molecular complexity index is 837. The number of rotatable bonds is 5. The topological polar surface area (TPSA) is 144 Å². The van der Waals surface area contributed by atoms with Crippen LogP contribution in [-0.4, -0.2) is 81.3 Å². The first-order valence-corrected chi connectivity index (χ1v) is 8.35. The molecular weight excluding hydrogens is 401 g/mol. The fraction of sp³-hybridized carbons (Fsp3) is 0.533. The lowest BCUT2D eigenvalue weighted by molar-refractivity contribution is -0.192. The lowest BCUT2D eigenvalue weighted by Gasteiger charge is -2.13. The Labute approximate surface area is 162 Å². The molecule has 1 saturated heterocycles. The summed E-state index contributed by atoms with van der Waals surface area (Å²) in [4.78, 5) is 20.8. The number of carboxylic acids is 1. The van der Waals surface area contributed by atoms with Gasteiger partial charge >= 0.3 is 18.1 Å².